The fraction of sp³-hybridized carbons (Fsp3) is 0.280. The number of benzene rings is 3. The Morgan fingerprint density at radius 2 is 1.93 bits per heavy atom. The van der Waals surface area contributed by atoms with Gasteiger partial charge in [-0.05, 0) is 70.8 Å². The number of methoxy groups -OCH3 is 1. The van der Waals surface area contributed by atoms with Gasteiger partial charge in [0.25, 0.3) is 0 Å². The highest BCUT2D eigenvalue weighted by Crippen LogP contribution is 2.36. The first-order chi connectivity index (χ1) is 13.8. The Morgan fingerprint density at radius 3 is 2.79 bits per heavy atom. The van der Waals surface area contributed by atoms with Crippen LogP contribution in [0.25, 0.3) is 20.9 Å². The molecule has 1 aliphatic heterocycles. The topological polar surface area (TPSA) is 18.5 Å². The van der Waals surface area contributed by atoms with Crippen molar-refractivity contribution in [3.8, 4) is 5.75 Å². The van der Waals surface area contributed by atoms with E-state index in [9.17, 15) is 0 Å². The third-order valence-electron chi connectivity index (χ3n) is 5.63. The molecule has 3 aromatic carbocycles. The van der Waals surface area contributed by atoms with E-state index in [-0.39, 0.29) is 6.10 Å². The molecule has 4 aromatic rings. The molecule has 1 unspecified atom stereocenters. The summed E-state index contributed by atoms with van der Waals surface area (Å²) in [5.41, 5.74) is 2.72. The SMILES string of the molecule is COc1ccc2sc(Cc3cc(C4CCCCO4)c4ccccc4c3)cc2c1. The Morgan fingerprint density at radius 1 is 1.00 bits per heavy atom. The molecule has 0 saturated carbocycles. The molecule has 2 nitrogen and oxygen atoms in total. The first kappa shape index (κ1) is 17.7. The number of fused-ring (bicyclic) bond motifs is 2. The van der Waals surface area contributed by atoms with Crippen LogP contribution in [0.15, 0.2) is 60.7 Å². The molecule has 0 spiro atoms. The monoisotopic (exact) mass is 388 g/mol. The molecule has 0 bridgehead atoms. The van der Waals surface area contributed by atoms with Crippen LogP contribution < -0.4 is 4.74 Å². The van der Waals surface area contributed by atoms with Gasteiger partial charge >= 0.3 is 0 Å². The molecule has 1 atom stereocenters. The molecule has 0 amide bonds. The summed E-state index contributed by atoms with van der Waals surface area (Å²) in [5.74, 6) is 0.916. The minimum Gasteiger partial charge on any atom is -0.497 e. The van der Waals surface area contributed by atoms with Crippen molar-refractivity contribution in [2.24, 2.45) is 0 Å². The Kier molecular flexibility index (Phi) is 4.79. The minimum atomic E-state index is 0.227. The summed E-state index contributed by atoms with van der Waals surface area (Å²) in [7, 11) is 1.72. The zero-order chi connectivity index (χ0) is 18.9. The van der Waals surface area contributed by atoms with Gasteiger partial charge in [-0.15, -0.1) is 11.3 Å². The van der Waals surface area contributed by atoms with Gasteiger partial charge in [0.05, 0.1) is 13.2 Å². The van der Waals surface area contributed by atoms with Gasteiger partial charge in [-0.1, -0.05) is 36.4 Å². The van der Waals surface area contributed by atoms with E-state index in [2.05, 4.69) is 54.6 Å². The molecule has 3 heteroatoms. The van der Waals surface area contributed by atoms with Crippen molar-refractivity contribution >= 4 is 32.2 Å². The predicted molar refractivity (Wildman–Crippen MR) is 118 cm³/mol. The third-order valence-corrected chi connectivity index (χ3v) is 6.75. The molecule has 0 radical (unpaired) electrons. The van der Waals surface area contributed by atoms with Crippen LogP contribution in [0.1, 0.15) is 41.4 Å². The van der Waals surface area contributed by atoms with E-state index in [1.165, 1.54) is 49.7 Å². The van der Waals surface area contributed by atoms with Crippen LogP contribution in [-0.2, 0) is 11.2 Å². The molecule has 5 rings (SSSR count). The maximum Gasteiger partial charge on any atom is 0.119 e. The molecule has 1 fully saturated rings. The summed E-state index contributed by atoms with van der Waals surface area (Å²) in [4.78, 5) is 1.38. The van der Waals surface area contributed by atoms with E-state index in [4.69, 9.17) is 9.47 Å². The summed E-state index contributed by atoms with van der Waals surface area (Å²) < 4.78 is 12.8. The maximum atomic E-state index is 6.14. The normalized spacial score (nSPS) is 17.2. The predicted octanol–water partition coefficient (Wildman–Crippen LogP) is 6.90. The van der Waals surface area contributed by atoms with Crippen molar-refractivity contribution in [3.05, 3.63) is 76.7 Å². The van der Waals surface area contributed by atoms with Crippen LogP contribution in [0.3, 0.4) is 0 Å². The van der Waals surface area contributed by atoms with Gasteiger partial charge in [-0.3, -0.25) is 0 Å². The van der Waals surface area contributed by atoms with Crippen molar-refractivity contribution in [1.82, 2.24) is 0 Å². The Bertz CT molecular complexity index is 1120. The summed E-state index contributed by atoms with van der Waals surface area (Å²) in [6, 6.07) is 22.1. The van der Waals surface area contributed by atoms with E-state index in [1.54, 1.807) is 7.11 Å². The average Bonchev–Trinajstić information content (AvgIpc) is 3.15. The average molecular weight is 389 g/mol. The second-order valence-electron chi connectivity index (χ2n) is 7.55. The first-order valence-electron chi connectivity index (χ1n) is 10.00. The Hall–Kier alpha value is -2.36. The van der Waals surface area contributed by atoms with Crippen LogP contribution in [0.2, 0.25) is 0 Å². The lowest BCUT2D eigenvalue weighted by Crippen LogP contribution is -2.12. The molecule has 2 heterocycles. The van der Waals surface area contributed by atoms with Gasteiger partial charge in [0.15, 0.2) is 0 Å². The van der Waals surface area contributed by atoms with Crippen LogP contribution in [0.5, 0.6) is 5.75 Å². The lowest BCUT2D eigenvalue weighted by Gasteiger charge is -2.25. The smallest absolute Gasteiger partial charge is 0.119 e. The van der Waals surface area contributed by atoms with Gasteiger partial charge in [0.2, 0.25) is 0 Å². The first-order valence-corrected chi connectivity index (χ1v) is 10.8. The highest BCUT2D eigenvalue weighted by atomic mass is 32.1. The molecule has 0 aliphatic carbocycles. The van der Waals surface area contributed by atoms with E-state index in [0.717, 1.165) is 25.2 Å². The van der Waals surface area contributed by atoms with Crippen molar-refractivity contribution in [1.29, 1.82) is 0 Å². The number of hydrogen-bond acceptors (Lipinski definition) is 3. The summed E-state index contributed by atoms with van der Waals surface area (Å²) in [6.07, 6.45) is 4.73. The largest absolute Gasteiger partial charge is 0.497 e. The van der Waals surface area contributed by atoms with E-state index < -0.39 is 0 Å². The van der Waals surface area contributed by atoms with Gasteiger partial charge in [-0.2, -0.15) is 0 Å². The Balaban J connectivity index is 1.53. The highest BCUT2D eigenvalue weighted by Gasteiger charge is 2.19. The van der Waals surface area contributed by atoms with Gasteiger partial charge in [-0.25, -0.2) is 0 Å². The molecule has 1 aliphatic rings. The van der Waals surface area contributed by atoms with Crippen LogP contribution in [0.4, 0.5) is 0 Å². The number of thiophene rings is 1. The van der Waals surface area contributed by atoms with Crippen LogP contribution in [-0.4, -0.2) is 13.7 Å². The van der Waals surface area contributed by atoms with Gasteiger partial charge < -0.3 is 9.47 Å². The maximum absolute atomic E-state index is 6.14. The van der Waals surface area contributed by atoms with E-state index in [0.29, 0.717) is 0 Å². The molecular formula is C25H24O2S. The summed E-state index contributed by atoms with van der Waals surface area (Å²) in [6.45, 7) is 0.876. The fourth-order valence-corrected chi connectivity index (χ4v) is 5.33. The number of hydrogen-bond donors (Lipinski definition) is 0. The van der Waals surface area contributed by atoms with Crippen LogP contribution >= 0.6 is 11.3 Å². The minimum absolute atomic E-state index is 0.227. The standard InChI is InChI=1S/C25H24O2S/c1-26-20-9-10-25-19(15-20)16-21(28-25)13-17-12-18-6-2-3-7-22(18)23(14-17)24-8-4-5-11-27-24/h2-3,6-7,9-10,12,14-16,24H,4-5,8,11,13H2,1H3. The van der Waals surface area contributed by atoms with E-state index in [1.807, 2.05) is 17.4 Å². The van der Waals surface area contributed by atoms with Crippen molar-refractivity contribution in [3.63, 3.8) is 0 Å². The highest BCUT2D eigenvalue weighted by molar-refractivity contribution is 7.19. The van der Waals surface area contributed by atoms with Crippen molar-refractivity contribution in [2.45, 2.75) is 31.8 Å². The molecule has 142 valence electrons. The van der Waals surface area contributed by atoms with Crippen LogP contribution in [0, 0.1) is 0 Å². The molecule has 1 aromatic heterocycles. The van der Waals surface area contributed by atoms with Crippen molar-refractivity contribution in [2.75, 3.05) is 13.7 Å². The molecule has 0 N–H and O–H groups in total. The van der Waals surface area contributed by atoms with Gasteiger partial charge in [0, 0.05) is 22.6 Å². The zero-order valence-electron chi connectivity index (χ0n) is 16.1. The fourth-order valence-electron chi connectivity index (χ4n) is 4.25. The number of ether oxygens (including phenoxy) is 2. The molecule has 1 saturated heterocycles. The van der Waals surface area contributed by atoms with Crippen molar-refractivity contribution < 1.29 is 9.47 Å². The second kappa shape index (κ2) is 7.57. The van der Waals surface area contributed by atoms with E-state index >= 15 is 0 Å². The zero-order valence-corrected chi connectivity index (χ0v) is 16.9. The quantitative estimate of drug-likeness (QED) is 0.379. The third kappa shape index (κ3) is 3.41. The molecular weight excluding hydrogens is 364 g/mol. The lowest BCUT2D eigenvalue weighted by molar-refractivity contribution is 0.0158. The lowest BCUT2D eigenvalue weighted by atomic mass is 9.92. The molecule has 28 heavy (non-hydrogen) atoms. The van der Waals surface area contributed by atoms with Gasteiger partial charge in [0.1, 0.15) is 5.75 Å². The summed E-state index contributed by atoms with van der Waals surface area (Å²) >= 11 is 1.87. The number of rotatable bonds is 4. The second-order valence-corrected chi connectivity index (χ2v) is 8.72. The summed E-state index contributed by atoms with van der Waals surface area (Å²) in [5, 5.41) is 3.90. The Labute approximate surface area is 169 Å².